The van der Waals surface area contributed by atoms with Gasteiger partial charge in [-0.1, -0.05) is 22.9 Å². The Morgan fingerprint density at radius 1 is 1.23 bits per heavy atom. The van der Waals surface area contributed by atoms with Crippen LogP contribution in [0.15, 0.2) is 40.2 Å². The molecule has 0 aliphatic rings. The number of rotatable bonds is 4. The van der Waals surface area contributed by atoms with Crippen LogP contribution in [-0.2, 0) is 6.54 Å². The number of hydrogen-bond donors (Lipinski definition) is 1. The van der Waals surface area contributed by atoms with E-state index >= 15 is 0 Å². The molecule has 2 aromatic heterocycles. The Bertz CT molecular complexity index is 790. The third-order valence-corrected chi connectivity index (χ3v) is 4.26. The summed E-state index contributed by atoms with van der Waals surface area (Å²) in [5.74, 6) is 0.795. The smallest absolute Gasteiger partial charge is 0.261 e. The summed E-state index contributed by atoms with van der Waals surface area (Å²) in [7, 11) is 0. The summed E-state index contributed by atoms with van der Waals surface area (Å²) in [6, 6.07) is 9.75. The molecule has 0 atom stereocenters. The number of nitrogens with zero attached hydrogens (tertiary/aromatic N) is 2. The van der Waals surface area contributed by atoms with E-state index in [1.807, 2.05) is 49.6 Å². The average molecular weight is 313 g/mol. The van der Waals surface area contributed by atoms with Gasteiger partial charge in [0.25, 0.3) is 11.8 Å². The highest BCUT2D eigenvalue weighted by molar-refractivity contribution is 7.12. The lowest BCUT2D eigenvalue weighted by atomic mass is 10.1. The summed E-state index contributed by atoms with van der Waals surface area (Å²) in [6.45, 7) is 4.17. The fourth-order valence-corrected chi connectivity index (χ4v) is 2.83. The maximum Gasteiger partial charge on any atom is 0.261 e. The minimum absolute atomic E-state index is 0.116. The molecule has 0 spiro atoms. The van der Waals surface area contributed by atoms with E-state index in [4.69, 9.17) is 4.52 Å². The van der Waals surface area contributed by atoms with Crippen LogP contribution in [0.1, 0.15) is 26.6 Å². The van der Waals surface area contributed by atoms with Crippen molar-refractivity contribution < 1.29 is 9.32 Å². The van der Waals surface area contributed by atoms with E-state index in [0.717, 1.165) is 11.1 Å². The number of benzene rings is 1. The van der Waals surface area contributed by atoms with Crippen molar-refractivity contribution in [2.75, 3.05) is 0 Å². The molecule has 0 unspecified atom stereocenters. The van der Waals surface area contributed by atoms with E-state index < -0.39 is 0 Å². The van der Waals surface area contributed by atoms with Crippen molar-refractivity contribution in [3.05, 3.63) is 57.5 Å². The van der Waals surface area contributed by atoms with E-state index in [-0.39, 0.29) is 12.5 Å². The highest BCUT2D eigenvalue weighted by atomic mass is 32.1. The van der Waals surface area contributed by atoms with Crippen molar-refractivity contribution in [3.8, 4) is 11.5 Å². The molecule has 5 nitrogen and oxygen atoms in total. The molecule has 112 valence electrons. The lowest BCUT2D eigenvalue weighted by molar-refractivity contribution is 0.0953. The van der Waals surface area contributed by atoms with E-state index in [2.05, 4.69) is 15.5 Å². The highest BCUT2D eigenvalue weighted by Gasteiger charge is 2.13. The van der Waals surface area contributed by atoms with E-state index in [1.54, 1.807) is 0 Å². The van der Waals surface area contributed by atoms with Crippen LogP contribution in [0.5, 0.6) is 0 Å². The third-order valence-electron chi connectivity index (χ3n) is 3.24. The molecule has 0 saturated carbocycles. The molecule has 1 N–H and O–H groups in total. The lowest BCUT2D eigenvalue weighted by Gasteiger charge is -2.00. The second-order valence-corrected chi connectivity index (χ2v) is 5.91. The number of thiophene rings is 1. The van der Waals surface area contributed by atoms with Gasteiger partial charge in [0.2, 0.25) is 0 Å². The van der Waals surface area contributed by atoms with E-state index in [1.165, 1.54) is 16.9 Å². The number of aryl methyl sites for hydroxylation is 2. The van der Waals surface area contributed by atoms with Crippen LogP contribution in [0.2, 0.25) is 0 Å². The minimum Gasteiger partial charge on any atom is -0.344 e. The number of carbonyl (C=O) groups is 1. The Labute approximate surface area is 132 Å². The Morgan fingerprint density at radius 3 is 2.68 bits per heavy atom. The van der Waals surface area contributed by atoms with Crippen LogP contribution in [0.3, 0.4) is 0 Å². The van der Waals surface area contributed by atoms with Crippen LogP contribution >= 0.6 is 11.3 Å². The van der Waals surface area contributed by atoms with Gasteiger partial charge in [0.1, 0.15) is 0 Å². The van der Waals surface area contributed by atoms with Gasteiger partial charge in [-0.15, -0.1) is 11.3 Å². The fourth-order valence-electron chi connectivity index (χ4n) is 1.98. The van der Waals surface area contributed by atoms with Crippen molar-refractivity contribution in [1.29, 1.82) is 0 Å². The Morgan fingerprint density at radius 2 is 2.00 bits per heavy atom. The minimum atomic E-state index is -0.116. The number of nitrogens with one attached hydrogen (secondary N) is 1. The van der Waals surface area contributed by atoms with Crippen LogP contribution in [0.25, 0.3) is 11.5 Å². The van der Waals surface area contributed by atoms with Crippen LogP contribution in [-0.4, -0.2) is 16.0 Å². The normalized spacial score (nSPS) is 10.6. The zero-order chi connectivity index (χ0) is 15.5. The first-order valence-corrected chi connectivity index (χ1v) is 7.73. The predicted octanol–water partition coefficient (Wildman–Crippen LogP) is 3.34. The quantitative estimate of drug-likeness (QED) is 0.802. The molecule has 0 bridgehead atoms. The highest BCUT2D eigenvalue weighted by Crippen LogP contribution is 2.18. The molecule has 0 aliphatic carbocycles. The largest absolute Gasteiger partial charge is 0.344 e. The first-order chi connectivity index (χ1) is 10.6. The van der Waals surface area contributed by atoms with Gasteiger partial charge in [-0.3, -0.25) is 4.79 Å². The second kappa shape index (κ2) is 6.11. The summed E-state index contributed by atoms with van der Waals surface area (Å²) in [5.41, 5.74) is 3.00. The van der Waals surface area contributed by atoms with Gasteiger partial charge >= 0.3 is 0 Å². The molecule has 1 aromatic carbocycles. The molecule has 3 rings (SSSR count). The monoisotopic (exact) mass is 313 g/mol. The molecule has 0 saturated heterocycles. The topological polar surface area (TPSA) is 68.0 Å². The number of amides is 1. The summed E-state index contributed by atoms with van der Waals surface area (Å²) in [6.07, 6.45) is 0. The number of aromatic nitrogens is 2. The van der Waals surface area contributed by atoms with E-state index in [9.17, 15) is 4.79 Å². The van der Waals surface area contributed by atoms with Gasteiger partial charge in [-0.25, -0.2) is 0 Å². The van der Waals surface area contributed by atoms with Crippen molar-refractivity contribution in [2.45, 2.75) is 20.4 Å². The standard InChI is InChI=1S/C16H15N3O2S/c1-10-3-5-12(6-4-10)16-18-13(19-21-16)9-17-15(20)14-11(2)7-8-22-14/h3-8H,9H2,1-2H3,(H,17,20). The number of carbonyl (C=O) groups excluding carboxylic acids is 1. The average Bonchev–Trinajstić information content (AvgIpc) is 3.14. The van der Waals surface area contributed by atoms with Crippen molar-refractivity contribution in [3.63, 3.8) is 0 Å². The lowest BCUT2D eigenvalue weighted by Crippen LogP contribution is -2.23. The molecular weight excluding hydrogens is 298 g/mol. The zero-order valence-corrected chi connectivity index (χ0v) is 13.1. The first-order valence-electron chi connectivity index (χ1n) is 6.85. The van der Waals surface area contributed by atoms with Gasteiger partial charge in [0.15, 0.2) is 5.82 Å². The van der Waals surface area contributed by atoms with Crippen LogP contribution in [0, 0.1) is 13.8 Å². The summed E-state index contributed by atoms with van der Waals surface area (Å²) < 4.78 is 5.23. The second-order valence-electron chi connectivity index (χ2n) is 5.00. The summed E-state index contributed by atoms with van der Waals surface area (Å²) in [4.78, 5) is 17.0. The van der Waals surface area contributed by atoms with Crippen molar-refractivity contribution in [1.82, 2.24) is 15.5 Å². The molecule has 2 heterocycles. The van der Waals surface area contributed by atoms with Crippen molar-refractivity contribution >= 4 is 17.2 Å². The van der Waals surface area contributed by atoms with Gasteiger partial charge < -0.3 is 9.84 Å². The molecule has 0 radical (unpaired) electrons. The maximum absolute atomic E-state index is 12.0. The van der Waals surface area contributed by atoms with Crippen molar-refractivity contribution in [2.24, 2.45) is 0 Å². The summed E-state index contributed by atoms with van der Waals surface area (Å²) >= 11 is 1.42. The molecule has 3 aromatic rings. The SMILES string of the molecule is Cc1ccc(-c2nc(CNC(=O)c3sccc3C)no2)cc1. The molecule has 6 heteroatoms. The predicted molar refractivity (Wildman–Crippen MR) is 84.7 cm³/mol. The molecule has 0 aliphatic heterocycles. The van der Waals surface area contributed by atoms with E-state index in [0.29, 0.717) is 16.6 Å². The zero-order valence-electron chi connectivity index (χ0n) is 12.3. The third kappa shape index (κ3) is 3.07. The first kappa shape index (κ1) is 14.5. The fraction of sp³-hybridized carbons (Fsp3) is 0.188. The van der Waals surface area contributed by atoms with Crippen LogP contribution < -0.4 is 5.32 Å². The Hall–Kier alpha value is -2.47. The van der Waals surface area contributed by atoms with Crippen LogP contribution in [0.4, 0.5) is 0 Å². The molecule has 22 heavy (non-hydrogen) atoms. The molecule has 0 fully saturated rings. The molecular formula is C16H15N3O2S. The molecule has 1 amide bonds. The number of hydrogen-bond acceptors (Lipinski definition) is 5. The van der Waals surface area contributed by atoms with Gasteiger partial charge in [0, 0.05) is 5.56 Å². The summed E-state index contributed by atoms with van der Waals surface area (Å²) in [5, 5.41) is 8.59. The van der Waals surface area contributed by atoms with Gasteiger partial charge in [-0.05, 0) is 43.0 Å². The van der Waals surface area contributed by atoms with Gasteiger partial charge in [0.05, 0.1) is 11.4 Å². The Balaban J connectivity index is 1.66. The Kier molecular flexibility index (Phi) is 4.02. The van der Waals surface area contributed by atoms with Gasteiger partial charge in [-0.2, -0.15) is 4.98 Å². The maximum atomic E-state index is 12.0.